The third kappa shape index (κ3) is 3.61. The van der Waals surface area contributed by atoms with Crippen molar-refractivity contribution in [1.82, 2.24) is 14.9 Å². The molecular formula is C17H23N5O. The van der Waals surface area contributed by atoms with Gasteiger partial charge in [-0.3, -0.25) is 4.79 Å². The van der Waals surface area contributed by atoms with Gasteiger partial charge in [-0.15, -0.1) is 12.3 Å². The summed E-state index contributed by atoms with van der Waals surface area (Å²) in [5.41, 5.74) is 0.784. The second kappa shape index (κ2) is 6.53. The van der Waals surface area contributed by atoms with Crippen LogP contribution in [0.4, 0.5) is 0 Å². The highest BCUT2D eigenvalue weighted by Gasteiger charge is 2.38. The molecule has 1 unspecified atom stereocenters. The van der Waals surface area contributed by atoms with Gasteiger partial charge in [-0.2, -0.15) is 10.2 Å². The molecule has 122 valence electrons. The first-order valence-electron chi connectivity index (χ1n) is 8.36. The topological polar surface area (TPSA) is 71.6 Å². The smallest absolute Gasteiger partial charge is 0.223 e. The van der Waals surface area contributed by atoms with Crippen LogP contribution in [0.2, 0.25) is 0 Å². The van der Waals surface area contributed by atoms with Gasteiger partial charge < -0.3 is 9.88 Å². The second-order valence-corrected chi connectivity index (χ2v) is 6.31. The first-order valence-corrected chi connectivity index (χ1v) is 8.36. The van der Waals surface area contributed by atoms with Gasteiger partial charge in [0.1, 0.15) is 5.82 Å². The van der Waals surface area contributed by atoms with Crippen molar-refractivity contribution in [2.75, 3.05) is 6.54 Å². The molecule has 23 heavy (non-hydrogen) atoms. The predicted octanol–water partition coefficient (Wildman–Crippen LogP) is 2.09. The van der Waals surface area contributed by atoms with E-state index < -0.39 is 0 Å². The fourth-order valence-corrected chi connectivity index (χ4v) is 3.08. The lowest BCUT2D eigenvalue weighted by Crippen LogP contribution is -2.37. The highest BCUT2D eigenvalue weighted by Crippen LogP contribution is 2.36. The molecule has 0 aliphatic carbocycles. The molecule has 0 aromatic carbocycles. The number of hydrogen-bond donors (Lipinski definition) is 1. The Morgan fingerprint density at radius 2 is 2.35 bits per heavy atom. The van der Waals surface area contributed by atoms with Crippen molar-refractivity contribution in [3.05, 3.63) is 17.7 Å². The summed E-state index contributed by atoms with van der Waals surface area (Å²) in [6, 6.07) is 0. The maximum atomic E-state index is 12.4. The number of hydrogen-bond acceptors (Lipinski definition) is 4. The standard InChI is InChI=1S/C17H23N5O/c1-3-5-7-17(20-21-17)8-9-18-16(23)13-6-10-22-12-14(4-2)19-15(22)11-13/h1,12-13H,4-11H2,2H3,(H,18,23). The van der Waals surface area contributed by atoms with Gasteiger partial charge in [0.05, 0.1) is 5.69 Å². The Balaban J connectivity index is 1.45. The molecule has 0 spiro atoms. The summed E-state index contributed by atoms with van der Waals surface area (Å²) in [6.45, 7) is 3.57. The van der Waals surface area contributed by atoms with E-state index in [1.165, 1.54) is 0 Å². The van der Waals surface area contributed by atoms with Gasteiger partial charge >= 0.3 is 0 Å². The van der Waals surface area contributed by atoms with Crippen molar-refractivity contribution in [2.45, 2.75) is 57.7 Å². The number of amides is 1. The minimum atomic E-state index is -0.321. The molecule has 1 amide bonds. The number of carbonyl (C=O) groups excluding carboxylic acids is 1. The Kier molecular flexibility index (Phi) is 4.46. The SMILES string of the molecule is C#CCCC1(CCNC(=O)C2CCn3cc(CC)nc3C2)N=N1. The number of fused-ring (bicyclic) bond motifs is 1. The van der Waals surface area contributed by atoms with Gasteiger partial charge in [0.15, 0.2) is 5.66 Å². The van der Waals surface area contributed by atoms with E-state index in [0.29, 0.717) is 13.0 Å². The number of nitrogens with zero attached hydrogens (tertiary/aromatic N) is 4. The zero-order valence-corrected chi connectivity index (χ0v) is 13.6. The van der Waals surface area contributed by atoms with Crippen LogP contribution in [-0.4, -0.2) is 27.7 Å². The van der Waals surface area contributed by atoms with Crippen LogP contribution in [0.25, 0.3) is 0 Å². The summed E-state index contributed by atoms with van der Waals surface area (Å²) in [5.74, 6) is 3.78. The summed E-state index contributed by atoms with van der Waals surface area (Å²) in [6.07, 6.45) is 12.1. The first-order chi connectivity index (χ1) is 11.2. The van der Waals surface area contributed by atoms with E-state index >= 15 is 0 Å². The molecule has 3 heterocycles. The van der Waals surface area contributed by atoms with Gasteiger partial charge in [0, 0.05) is 50.9 Å². The van der Waals surface area contributed by atoms with Gasteiger partial charge in [-0.05, 0) is 12.8 Å². The van der Waals surface area contributed by atoms with Crippen LogP contribution in [0.5, 0.6) is 0 Å². The maximum absolute atomic E-state index is 12.4. The van der Waals surface area contributed by atoms with E-state index in [-0.39, 0.29) is 17.5 Å². The maximum Gasteiger partial charge on any atom is 0.223 e. The number of aryl methyl sites for hydroxylation is 2. The normalized spacial score (nSPS) is 20.6. The number of carbonyl (C=O) groups is 1. The average molecular weight is 313 g/mol. The van der Waals surface area contributed by atoms with Gasteiger partial charge in [-0.1, -0.05) is 6.92 Å². The van der Waals surface area contributed by atoms with Crippen LogP contribution in [-0.2, 0) is 24.2 Å². The molecule has 1 N–H and O–H groups in total. The lowest BCUT2D eigenvalue weighted by Gasteiger charge is -2.22. The monoisotopic (exact) mass is 313 g/mol. The zero-order chi connectivity index (χ0) is 16.3. The molecule has 0 radical (unpaired) electrons. The quantitative estimate of drug-likeness (QED) is 0.783. The summed E-state index contributed by atoms with van der Waals surface area (Å²) in [4.78, 5) is 17.0. The van der Waals surface area contributed by atoms with Crippen molar-refractivity contribution in [3.63, 3.8) is 0 Å². The van der Waals surface area contributed by atoms with Crippen LogP contribution in [0.15, 0.2) is 16.4 Å². The van der Waals surface area contributed by atoms with Crippen LogP contribution in [0.1, 0.15) is 44.1 Å². The van der Waals surface area contributed by atoms with Crippen molar-refractivity contribution >= 4 is 5.91 Å². The first kappa shape index (κ1) is 15.7. The van der Waals surface area contributed by atoms with E-state index in [1.54, 1.807) is 0 Å². The molecule has 0 saturated carbocycles. The molecule has 0 saturated heterocycles. The number of terminal acetylenes is 1. The average Bonchev–Trinajstić information content (AvgIpc) is 3.20. The summed E-state index contributed by atoms with van der Waals surface area (Å²) < 4.78 is 2.18. The lowest BCUT2D eigenvalue weighted by molar-refractivity contribution is -0.125. The lowest BCUT2D eigenvalue weighted by atomic mass is 9.96. The molecule has 0 fully saturated rings. The van der Waals surface area contributed by atoms with Crippen LogP contribution in [0.3, 0.4) is 0 Å². The Bertz CT molecular complexity index is 648. The Morgan fingerprint density at radius 1 is 1.52 bits per heavy atom. The molecule has 0 bridgehead atoms. The molecule has 1 aromatic heterocycles. The Hall–Kier alpha value is -2.16. The molecule has 6 heteroatoms. The summed E-state index contributed by atoms with van der Waals surface area (Å²) in [7, 11) is 0. The van der Waals surface area contributed by atoms with Gasteiger partial charge in [0.2, 0.25) is 5.91 Å². The number of imidazole rings is 1. The fourth-order valence-electron chi connectivity index (χ4n) is 3.08. The minimum Gasteiger partial charge on any atom is -0.356 e. The summed E-state index contributed by atoms with van der Waals surface area (Å²) in [5, 5.41) is 11.2. The van der Waals surface area contributed by atoms with E-state index in [0.717, 1.165) is 50.2 Å². The second-order valence-electron chi connectivity index (χ2n) is 6.31. The van der Waals surface area contributed by atoms with Crippen molar-refractivity contribution in [3.8, 4) is 12.3 Å². The Labute approximate surface area is 136 Å². The third-order valence-corrected chi connectivity index (χ3v) is 4.67. The van der Waals surface area contributed by atoms with Crippen molar-refractivity contribution in [1.29, 1.82) is 0 Å². The molecular weight excluding hydrogens is 290 g/mol. The van der Waals surface area contributed by atoms with E-state index in [4.69, 9.17) is 6.42 Å². The largest absolute Gasteiger partial charge is 0.356 e. The zero-order valence-electron chi connectivity index (χ0n) is 13.6. The van der Waals surface area contributed by atoms with Crippen LogP contribution in [0, 0.1) is 18.3 Å². The van der Waals surface area contributed by atoms with Crippen LogP contribution >= 0.6 is 0 Å². The van der Waals surface area contributed by atoms with E-state index in [9.17, 15) is 4.79 Å². The van der Waals surface area contributed by atoms with Gasteiger partial charge in [-0.25, -0.2) is 4.98 Å². The minimum absolute atomic E-state index is 0.0179. The van der Waals surface area contributed by atoms with E-state index in [1.807, 2.05) is 0 Å². The van der Waals surface area contributed by atoms with Crippen molar-refractivity contribution < 1.29 is 4.79 Å². The Morgan fingerprint density at radius 3 is 3.04 bits per heavy atom. The van der Waals surface area contributed by atoms with Gasteiger partial charge in [0.25, 0.3) is 0 Å². The molecule has 2 aliphatic rings. The molecule has 2 aliphatic heterocycles. The van der Waals surface area contributed by atoms with Crippen molar-refractivity contribution in [2.24, 2.45) is 16.1 Å². The molecule has 1 aromatic rings. The highest BCUT2D eigenvalue weighted by atomic mass is 16.1. The molecule has 3 rings (SSSR count). The highest BCUT2D eigenvalue weighted by molar-refractivity contribution is 5.78. The number of aromatic nitrogens is 2. The predicted molar refractivity (Wildman–Crippen MR) is 86.7 cm³/mol. The summed E-state index contributed by atoms with van der Waals surface area (Å²) >= 11 is 0. The number of rotatable bonds is 7. The fraction of sp³-hybridized carbons (Fsp3) is 0.647. The van der Waals surface area contributed by atoms with E-state index in [2.05, 4.69) is 44.1 Å². The molecule has 6 nitrogen and oxygen atoms in total. The third-order valence-electron chi connectivity index (χ3n) is 4.67. The van der Waals surface area contributed by atoms with Crippen LogP contribution < -0.4 is 5.32 Å². The molecule has 1 atom stereocenters. The number of nitrogens with one attached hydrogen (secondary N) is 1.